The molecule has 172 valence electrons. The lowest BCUT2D eigenvalue weighted by molar-refractivity contribution is 0.262. The van der Waals surface area contributed by atoms with Crippen LogP contribution in [0.3, 0.4) is 0 Å². The number of aryl methyl sites for hydroxylation is 1. The number of aromatic nitrogens is 2. The predicted octanol–water partition coefficient (Wildman–Crippen LogP) is 6.71. The number of hydrogen-bond donors (Lipinski definition) is 4. The Morgan fingerprint density at radius 1 is 0.939 bits per heavy atom. The van der Waals surface area contributed by atoms with E-state index in [0.29, 0.717) is 29.2 Å². The second-order valence-electron chi connectivity index (χ2n) is 8.11. The van der Waals surface area contributed by atoms with Gasteiger partial charge in [0.1, 0.15) is 11.6 Å². The van der Waals surface area contributed by atoms with Crippen LogP contribution < -0.4 is 21.3 Å². The van der Waals surface area contributed by atoms with Crippen molar-refractivity contribution in [2.75, 3.05) is 21.3 Å². The number of nitrogens with zero attached hydrogens (tertiary/aromatic N) is 2. The highest BCUT2D eigenvalue weighted by molar-refractivity contribution is 6.31. The molecule has 2 aromatic carbocycles. The SMILES string of the molecule is Cc1cc(Nc2ccc(NC(=O)Nc3ccc(F)c(Cl)c3)cc2)nc(NC2CCCCC2)n1. The summed E-state index contributed by atoms with van der Waals surface area (Å²) >= 11 is 5.74. The van der Waals surface area contributed by atoms with Crippen molar-refractivity contribution >= 4 is 46.5 Å². The molecule has 0 atom stereocenters. The lowest BCUT2D eigenvalue weighted by atomic mass is 9.96. The Kier molecular flexibility index (Phi) is 7.24. The van der Waals surface area contributed by atoms with Gasteiger partial charge in [-0.2, -0.15) is 4.98 Å². The zero-order valence-corrected chi connectivity index (χ0v) is 19.0. The molecule has 2 amide bonds. The number of nitrogens with one attached hydrogen (secondary N) is 4. The molecule has 9 heteroatoms. The van der Waals surface area contributed by atoms with Gasteiger partial charge in [0.2, 0.25) is 5.95 Å². The summed E-state index contributed by atoms with van der Waals surface area (Å²) in [5.41, 5.74) is 2.70. The van der Waals surface area contributed by atoms with E-state index in [4.69, 9.17) is 11.6 Å². The monoisotopic (exact) mass is 468 g/mol. The van der Waals surface area contributed by atoms with Crippen LogP contribution in [0.25, 0.3) is 0 Å². The Morgan fingerprint density at radius 2 is 1.61 bits per heavy atom. The maximum Gasteiger partial charge on any atom is 0.323 e. The van der Waals surface area contributed by atoms with Crippen molar-refractivity contribution in [1.29, 1.82) is 0 Å². The van der Waals surface area contributed by atoms with Crippen LogP contribution in [0, 0.1) is 12.7 Å². The standard InChI is InChI=1S/C24H26ClFN6O/c1-15-13-22(32-23(27-15)29-16-5-3-2-4-6-16)28-17-7-9-18(10-8-17)30-24(33)31-19-11-12-21(26)20(25)14-19/h7-14,16H,2-6H2,1H3,(H2,30,31,33)(H2,27,28,29,32). The summed E-state index contributed by atoms with van der Waals surface area (Å²) in [5, 5.41) is 12.0. The summed E-state index contributed by atoms with van der Waals surface area (Å²) in [4.78, 5) is 21.3. The lowest BCUT2D eigenvalue weighted by Gasteiger charge is -2.23. The fraction of sp³-hybridized carbons (Fsp3) is 0.292. The van der Waals surface area contributed by atoms with Crippen LogP contribution in [0.2, 0.25) is 5.02 Å². The zero-order chi connectivity index (χ0) is 23.2. The Bertz CT molecular complexity index is 1120. The van der Waals surface area contributed by atoms with Gasteiger partial charge in [-0.3, -0.25) is 0 Å². The molecule has 4 rings (SSSR count). The molecule has 1 aromatic heterocycles. The number of amides is 2. The van der Waals surface area contributed by atoms with Crippen molar-refractivity contribution in [2.45, 2.75) is 45.1 Å². The van der Waals surface area contributed by atoms with Crippen LogP contribution >= 0.6 is 11.6 Å². The lowest BCUT2D eigenvalue weighted by Crippen LogP contribution is -2.23. The van der Waals surface area contributed by atoms with E-state index in [1.807, 2.05) is 25.1 Å². The second kappa shape index (κ2) is 10.5. The molecule has 1 aliphatic rings. The molecule has 1 fully saturated rings. The largest absolute Gasteiger partial charge is 0.351 e. The molecule has 0 radical (unpaired) electrons. The van der Waals surface area contributed by atoms with E-state index in [1.165, 1.54) is 37.5 Å². The normalized spacial score (nSPS) is 13.9. The Balaban J connectivity index is 1.35. The average Bonchev–Trinajstić information content (AvgIpc) is 2.78. The molecule has 0 aliphatic heterocycles. The Hall–Kier alpha value is -3.39. The van der Waals surface area contributed by atoms with Crippen LogP contribution in [-0.4, -0.2) is 22.0 Å². The van der Waals surface area contributed by atoms with Gasteiger partial charge in [0.15, 0.2) is 0 Å². The van der Waals surface area contributed by atoms with Gasteiger partial charge >= 0.3 is 6.03 Å². The molecular weight excluding hydrogens is 443 g/mol. The molecule has 33 heavy (non-hydrogen) atoms. The van der Waals surface area contributed by atoms with Gasteiger partial charge in [-0.25, -0.2) is 14.2 Å². The molecule has 1 aliphatic carbocycles. The average molecular weight is 469 g/mol. The van der Waals surface area contributed by atoms with E-state index in [2.05, 4.69) is 31.2 Å². The smallest absolute Gasteiger partial charge is 0.323 e. The van der Waals surface area contributed by atoms with E-state index < -0.39 is 11.8 Å². The summed E-state index contributed by atoms with van der Waals surface area (Å²) in [6, 6.07) is 13.1. The first-order chi connectivity index (χ1) is 15.9. The van der Waals surface area contributed by atoms with Crippen molar-refractivity contribution < 1.29 is 9.18 Å². The number of hydrogen-bond acceptors (Lipinski definition) is 5. The van der Waals surface area contributed by atoms with Crippen molar-refractivity contribution in [1.82, 2.24) is 9.97 Å². The highest BCUT2D eigenvalue weighted by Gasteiger charge is 2.15. The first kappa shape index (κ1) is 22.8. The molecule has 0 unspecified atom stereocenters. The van der Waals surface area contributed by atoms with Gasteiger partial charge in [-0.05, 0) is 62.2 Å². The van der Waals surface area contributed by atoms with Gasteiger partial charge in [0, 0.05) is 34.9 Å². The quantitative estimate of drug-likeness (QED) is 0.322. The van der Waals surface area contributed by atoms with Crippen LogP contribution in [0.1, 0.15) is 37.8 Å². The van der Waals surface area contributed by atoms with Crippen LogP contribution in [-0.2, 0) is 0 Å². The summed E-state index contributed by atoms with van der Waals surface area (Å²) in [6.45, 7) is 1.94. The third kappa shape index (κ3) is 6.55. The maximum absolute atomic E-state index is 13.2. The molecule has 0 saturated heterocycles. The molecule has 7 nitrogen and oxygen atoms in total. The number of benzene rings is 2. The highest BCUT2D eigenvalue weighted by atomic mass is 35.5. The zero-order valence-electron chi connectivity index (χ0n) is 18.3. The van der Waals surface area contributed by atoms with Crippen molar-refractivity contribution in [2.24, 2.45) is 0 Å². The first-order valence-corrected chi connectivity index (χ1v) is 11.3. The van der Waals surface area contributed by atoms with E-state index in [1.54, 1.807) is 12.1 Å². The predicted molar refractivity (Wildman–Crippen MR) is 131 cm³/mol. The van der Waals surface area contributed by atoms with Crippen LogP contribution in [0.5, 0.6) is 0 Å². The van der Waals surface area contributed by atoms with Gasteiger partial charge in [0.05, 0.1) is 5.02 Å². The van der Waals surface area contributed by atoms with Crippen LogP contribution in [0.15, 0.2) is 48.5 Å². The van der Waals surface area contributed by atoms with Gasteiger partial charge < -0.3 is 21.3 Å². The molecule has 0 spiro atoms. The minimum absolute atomic E-state index is 0.0553. The number of anilines is 5. The summed E-state index contributed by atoms with van der Waals surface area (Å²) in [7, 11) is 0. The summed E-state index contributed by atoms with van der Waals surface area (Å²) < 4.78 is 13.2. The van der Waals surface area contributed by atoms with E-state index in [9.17, 15) is 9.18 Å². The molecule has 4 N–H and O–H groups in total. The molecule has 1 heterocycles. The van der Waals surface area contributed by atoms with Gasteiger partial charge in [0.25, 0.3) is 0 Å². The molecule has 0 bridgehead atoms. The number of rotatable bonds is 6. The fourth-order valence-electron chi connectivity index (χ4n) is 3.78. The molecule has 3 aromatic rings. The molecule has 1 saturated carbocycles. The van der Waals surface area contributed by atoms with Gasteiger partial charge in [-0.15, -0.1) is 0 Å². The number of carbonyl (C=O) groups is 1. The minimum atomic E-state index is -0.540. The Morgan fingerprint density at radius 3 is 2.33 bits per heavy atom. The van der Waals surface area contributed by atoms with E-state index in [0.717, 1.165) is 24.2 Å². The van der Waals surface area contributed by atoms with Gasteiger partial charge in [-0.1, -0.05) is 30.9 Å². The number of carbonyl (C=O) groups excluding carboxylic acids is 1. The topological polar surface area (TPSA) is 91.0 Å². The minimum Gasteiger partial charge on any atom is -0.351 e. The van der Waals surface area contributed by atoms with Crippen molar-refractivity contribution in [3.63, 3.8) is 0 Å². The maximum atomic E-state index is 13.2. The summed E-state index contributed by atoms with van der Waals surface area (Å²) in [5.74, 6) is 0.800. The second-order valence-corrected chi connectivity index (χ2v) is 8.52. The number of halogens is 2. The Labute approximate surface area is 197 Å². The number of urea groups is 1. The first-order valence-electron chi connectivity index (χ1n) is 11.0. The van der Waals surface area contributed by atoms with Crippen molar-refractivity contribution in [3.05, 3.63) is 65.1 Å². The fourth-order valence-corrected chi connectivity index (χ4v) is 3.96. The highest BCUT2D eigenvalue weighted by Crippen LogP contribution is 2.23. The summed E-state index contributed by atoms with van der Waals surface area (Å²) in [6.07, 6.45) is 6.08. The van der Waals surface area contributed by atoms with E-state index in [-0.39, 0.29) is 5.02 Å². The molecular formula is C24H26ClFN6O. The van der Waals surface area contributed by atoms with Crippen LogP contribution in [0.4, 0.5) is 38.0 Å². The third-order valence-electron chi connectivity index (χ3n) is 5.39. The van der Waals surface area contributed by atoms with Crippen molar-refractivity contribution in [3.8, 4) is 0 Å². The van der Waals surface area contributed by atoms with E-state index >= 15 is 0 Å². The third-order valence-corrected chi connectivity index (χ3v) is 5.67.